The van der Waals surface area contributed by atoms with E-state index < -0.39 is 32.0 Å². The molecule has 1 unspecified atom stereocenters. The summed E-state index contributed by atoms with van der Waals surface area (Å²) in [5.41, 5.74) is 6.58. The predicted octanol–water partition coefficient (Wildman–Crippen LogP) is 2.09. The number of fused-ring (bicyclic) bond motifs is 1. The summed E-state index contributed by atoms with van der Waals surface area (Å²) in [5.74, 6) is -0.596. The van der Waals surface area contributed by atoms with Crippen LogP contribution in [0.2, 0.25) is 0 Å². The molecule has 1 saturated heterocycles. The van der Waals surface area contributed by atoms with Crippen LogP contribution in [0.15, 0.2) is 36.7 Å². The highest BCUT2D eigenvalue weighted by Crippen LogP contribution is 2.42. The summed E-state index contributed by atoms with van der Waals surface area (Å²) in [6.45, 7) is 5.24. The maximum atomic E-state index is 13.9. The summed E-state index contributed by atoms with van der Waals surface area (Å²) in [6, 6.07) is 7.62. The van der Waals surface area contributed by atoms with Gasteiger partial charge in [-0.05, 0) is 32.4 Å². The number of hydrogen-bond acceptors (Lipinski definition) is 11. The molecule has 3 aromatic rings. The zero-order valence-electron chi connectivity index (χ0n) is 21.9. The first-order valence-electron chi connectivity index (χ1n) is 12.6. The molecule has 1 aromatic carbocycles. The maximum absolute atomic E-state index is 13.9. The number of anilines is 2. The van der Waals surface area contributed by atoms with Crippen LogP contribution in [0.25, 0.3) is 11.2 Å². The number of ether oxygens (including phenoxy) is 3. The molecule has 0 radical (unpaired) electrons. The van der Waals surface area contributed by atoms with Crippen molar-refractivity contribution >= 4 is 47.6 Å². The fraction of sp³-hybridized carbons (Fsp3) is 0.458. The highest BCUT2D eigenvalue weighted by atomic mass is 31.2. The number of carbonyl (C=O) groups excluding carboxylic acids is 2. The van der Waals surface area contributed by atoms with Crippen molar-refractivity contribution in [3.8, 4) is 0 Å². The second-order valence-corrected chi connectivity index (χ2v) is 10.8. The average molecular weight is 562 g/mol. The van der Waals surface area contributed by atoms with Gasteiger partial charge in [-0.15, -0.1) is 0 Å². The van der Waals surface area contributed by atoms with E-state index in [0.29, 0.717) is 29.3 Å². The van der Waals surface area contributed by atoms with Gasteiger partial charge in [-0.2, -0.15) is 9.97 Å². The van der Waals surface area contributed by atoms with Gasteiger partial charge in [-0.25, -0.2) is 10.1 Å². The lowest BCUT2D eigenvalue weighted by molar-refractivity contribution is -0.144. The second kappa shape index (κ2) is 12.6. The number of amides is 1. The molecule has 39 heavy (non-hydrogen) atoms. The van der Waals surface area contributed by atoms with E-state index in [0.717, 1.165) is 0 Å². The molecule has 1 fully saturated rings. The Morgan fingerprint density at radius 2 is 2.03 bits per heavy atom. The number of carbonyl (C=O) groups is 2. The topological polar surface area (TPSA) is 182 Å². The van der Waals surface area contributed by atoms with Gasteiger partial charge in [0.15, 0.2) is 29.5 Å². The first-order chi connectivity index (χ1) is 18.7. The number of aromatic nitrogens is 4. The highest BCUT2D eigenvalue weighted by Gasteiger charge is 2.35. The Morgan fingerprint density at radius 1 is 1.26 bits per heavy atom. The minimum atomic E-state index is -3.72. The standard InChI is InChI=1S/C24H32N7O7P/c1-4-9-17(32)27-21-20-22(29-24(25)28-21)31(14-26-20)18-12-36-19(38-18)13-37-39(34,16-10-7-6-8-11-16)30-15(3)23(33)35-5-2/h6-8,10-11,14-15,18-19H,4-5,9,12-13H2,1-3H3,(H,30,34)(H3,25,27,28,29,32)/t15-,18+,19+,39?/m0/s1. The number of nitrogens with two attached hydrogens (primary N) is 1. The summed E-state index contributed by atoms with van der Waals surface area (Å²) in [6.07, 6.45) is 0.956. The van der Waals surface area contributed by atoms with Crippen molar-refractivity contribution in [2.75, 3.05) is 30.9 Å². The van der Waals surface area contributed by atoms with Gasteiger partial charge in [-0.1, -0.05) is 25.1 Å². The van der Waals surface area contributed by atoms with Crippen LogP contribution in [0.3, 0.4) is 0 Å². The average Bonchev–Trinajstić information content (AvgIpc) is 3.55. The lowest BCUT2D eigenvalue weighted by Gasteiger charge is -2.24. The second-order valence-electron chi connectivity index (χ2n) is 8.69. The minimum Gasteiger partial charge on any atom is -0.465 e. The molecule has 210 valence electrons. The molecule has 4 N–H and O–H groups in total. The molecule has 2 aromatic heterocycles. The van der Waals surface area contributed by atoms with Crippen LogP contribution in [0.4, 0.5) is 11.8 Å². The molecular formula is C24H32N7O7P. The SMILES string of the molecule is CCCC(=O)Nc1nc(N)nc2c1ncn2[C@H]1CO[C@@H](COP(=O)(N[C@@H](C)C(=O)OCC)c2ccccc2)O1. The Morgan fingerprint density at radius 3 is 2.74 bits per heavy atom. The Kier molecular flexibility index (Phi) is 9.25. The van der Waals surface area contributed by atoms with Crippen molar-refractivity contribution in [1.29, 1.82) is 0 Å². The Balaban J connectivity index is 1.47. The molecule has 0 bridgehead atoms. The molecule has 0 aliphatic carbocycles. The fourth-order valence-electron chi connectivity index (χ4n) is 3.88. The van der Waals surface area contributed by atoms with Crippen molar-refractivity contribution in [2.24, 2.45) is 0 Å². The number of nitrogens with zero attached hydrogens (tertiary/aromatic N) is 4. The zero-order valence-corrected chi connectivity index (χ0v) is 22.8. The van der Waals surface area contributed by atoms with Crippen molar-refractivity contribution in [3.63, 3.8) is 0 Å². The van der Waals surface area contributed by atoms with Gasteiger partial charge in [0.2, 0.25) is 11.9 Å². The van der Waals surface area contributed by atoms with Crippen LogP contribution in [-0.4, -0.2) is 63.5 Å². The van der Waals surface area contributed by atoms with Gasteiger partial charge < -0.3 is 29.8 Å². The summed E-state index contributed by atoms with van der Waals surface area (Å²) in [4.78, 5) is 37.0. The Labute approximate surface area is 225 Å². The quantitative estimate of drug-likeness (QED) is 0.217. The Bertz CT molecular complexity index is 1350. The lowest BCUT2D eigenvalue weighted by Crippen LogP contribution is -2.37. The van der Waals surface area contributed by atoms with E-state index in [9.17, 15) is 14.2 Å². The first-order valence-corrected chi connectivity index (χ1v) is 14.2. The number of nitrogens with one attached hydrogen (secondary N) is 2. The molecule has 14 nitrogen and oxygen atoms in total. The van der Waals surface area contributed by atoms with Crippen LogP contribution in [-0.2, 0) is 32.9 Å². The van der Waals surface area contributed by atoms with Crippen molar-refractivity contribution in [2.45, 2.75) is 52.2 Å². The van der Waals surface area contributed by atoms with Gasteiger partial charge in [0.25, 0.3) is 0 Å². The lowest BCUT2D eigenvalue weighted by atomic mass is 10.3. The summed E-state index contributed by atoms with van der Waals surface area (Å²) in [7, 11) is -3.72. The zero-order chi connectivity index (χ0) is 28.0. The van der Waals surface area contributed by atoms with E-state index in [1.165, 1.54) is 6.33 Å². The van der Waals surface area contributed by atoms with Gasteiger partial charge in [0.05, 0.1) is 24.8 Å². The van der Waals surface area contributed by atoms with E-state index in [1.54, 1.807) is 48.7 Å². The van der Waals surface area contributed by atoms with E-state index in [4.69, 9.17) is 24.5 Å². The number of rotatable bonds is 12. The molecule has 4 rings (SSSR count). The number of hydrogen-bond donors (Lipinski definition) is 3. The molecule has 15 heteroatoms. The molecule has 0 spiro atoms. The number of nitrogen functional groups attached to an aromatic ring is 1. The monoisotopic (exact) mass is 561 g/mol. The smallest absolute Gasteiger partial charge is 0.323 e. The first kappa shape index (κ1) is 28.6. The van der Waals surface area contributed by atoms with E-state index >= 15 is 0 Å². The van der Waals surface area contributed by atoms with Gasteiger partial charge in [-0.3, -0.25) is 18.7 Å². The van der Waals surface area contributed by atoms with E-state index in [-0.39, 0.29) is 37.5 Å². The molecular weight excluding hydrogens is 529 g/mol. The molecule has 3 heterocycles. The van der Waals surface area contributed by atoms with Crippen molar-refractivity contribution in [1.82, 2.24) is 24.6 Å². The van der Waals surface area contributed by atoms with Crippen LogP contribution in [0.5, 0.6) is 0 Å². The normalized spacial score (nSPS) is 19.5. The largest absolute Gasteiger partial charge is 0.465 e. The van der Waals surface area contributed by atoms with E-state index in [2.05, 4.69) is 25.4 Å². The molecule has 1 aliphatic rings. The summed E-state index contributed by atoms with van der Waals surface area (Å²) < 4.78 is 38.0. The van der Waals surface area contributed by atoms with Gasteiger partial charge >= 0.3 is 13.5 Å². The minimum absolute atomic E-state index is 0.0413. The van der Waals surface area contributed by atoms with Crippen LogP contribution in [0.1, 0.15) is 39.8 Å². The molecule has 1 aliphatic heterocycles. The molecule has 0 saturated carbocycles. The number of benzene rings is 1. The summed E-state index contributed by atoms with van der Waals surface area (Å²) in [5, 5.41) is 5.88. The van der Waals surface area contributed by atoms with Crippen LogP contribution >= 0.6 is 7.52 Å². The fourth-order valence-corrected chi connectivity index (χ4v) is 5.77. The maximum Gasteiger partial charge on any atom is 0.323 e. The van der Waals surface area contributed by atoms with Crippen LogP contribution in [0, 0.1) is 0 Å². The van der Waals surface area contributed by atoms with E-state index in [1.807, 2.05) is 6.92 Å². The number of esters is 1. The predicted molar refractivity (Wildman–Crippen MR) is 142 cm³/mol. The highest BCUT2D eigenvalue weighted by molar-refractivity contribution is 7.65. The molecule has 4 atom stereocenters. The van der Waals surface area contributed by atoms with Gasteiger partial charge in [0, 0.05) is 6.42 Å². The number of imidazole rings is 1. The van der Waals surface area contributed by atoms with Crippen LogP contribution < -0.4 is 21.4 Å². The summed E-state index contributed by atoms with van der Waals surface area (Å²) >= 11 is 0. The third-order valence-electron chi connectivity index (χ3n) is 5.71. The van der Waals surface area contributed by atoms with Crippen molar-refractivity contribution < 1.29 is 32.9 Å². The van der Waals surface area contributed by atoms with Gasteiger partial charge in [0.1, 0.15) is 12.6 Å². The molecule has 1 amide bonds. The third-order valence-corrected chi connectivity index (χ3v) is 7.93. The Hall–Kier alpha value is -3.42. The van der Waals surface area contributed by atoms with Crippen molar-refractivity contribution in [3.05, 3.63) is 36.7 Å². The third kappa shape index (κ3) is 6.78.